The summed E-state index contributed by atoms with van der Waals surface area (Å²) in [6.45, 7) is 3.63. The van der Waals surface area contributed by atoms with E-state index in [0.717, 1.165) is 50.9 Å². The van der Waals surface area contributed by atoms with E-state index in [1.807, 2.05) is 15.9 Å². The van der Waals surface area contributed by atoms with Crippen LogP contribution in [0.1, 0.15) is 57.4 Å². The number of nitrogens with zero attached hydrogens (tertiary/aromatic N) is 2. The Kier molecular flexibility index (Phi) is 5.01. The van der Waals surface area contributed by atoms with Crippen molar-refractivity contribution in [2.45, 2.75) is 64.3 Å². The van der Waals surface area contributed by atoms with Crippen LogP contribution < -0.4 is 4.90 Å². The predicted molar refractivity (Wildman–Crippen MR) is 103 cm³/mol. The van der Waals surface area contributed by atoms with E-state index in [9.17, 15) is 9.59 Å². The third-order valence-electron chi connectivity index (χ3n) is 6.55. The fraction of sp³-hybridized carbons (Fsp3) is 0.636. The molecule has 0 radical (unpaired) electrons. The zero-order valence-corrected chi connectivity index (χ0v) is 15.8. The third-order valence-corrected chi connectivity index (χ3v) is 6.55. The molecule has 4 rings (SSSR count). The maximum Gasteiger partial charge on any atom is 0.230 e. The molecule has 1 aliphatic carbocycles. The first-order valence-electron chi connectivity index (χ1n) is 10.3. The molecular formula is C22H30N2O2. The number of hydrogen-bond acceptors (Lipinski definition) is 2. The van der Waals surface area contributed by atoms with Gasteiger partial charge < -0.3 is 9.80 Å². The van der Waals surface area contributed by atoms with Crippen LogP contribution >= 0.6 is 0 Å². The molecule has 2 heterocycles. The van der Waals surface area contributed by atoms with Gasteiger partial charge in [-0.15, -0.1) is 0 Å². The summed E-state index contributed by atoms with van der Waals surface area (Å²) in [4.78, 5) is 29.9. The van der Waals surface area contributed by atoms with Crippen LogP contribution in [0.25, 0.3) is 0 Å². The number of benzene rings is 1. The van der Waals surface area contributed by atoms with E-state index in [4.69, 9.17) is 0 Å². The summed E-state index contributed by atoms with van der Waals surface area (Å²) in [5, 5.41) is 0. The van der Waals surface area contributed by atoms with Crippen LogP contribution in [0.3, 0.4) is 0 Å². The standard InChI is InChI=1S/C22H30N2O2/c1-16-15-19-9-5-6-10-20(19)24(16)22(26)18-11-13-23(14-12-18)21(25)17-7-3-2-4-8-17/h5-6,9-10,16-18H,2-4,7-8,11-15H2,1H3. The Morgan fingerprint density at radius 1 is 0.885 bits per heavy atom. The normalized spacial score (nSPS) is 24.6. The number of hydrogen-bond donors (Lipinski definition) is 0. The van der Waals surface area contributed by atoms with Crippen molar-refractivity contribution >= 4 is 17.5 Å². The lowest BCUT2D eigenvalue weighted by Gasteiger charge is -2.36. The number of fused-ring (bicyclic) bond motifs is 1. The smallest absolute Gasteiger partial charge is 0.230 e. The number of piperidine rings is 1. The van der Waals surface area contributed by atoms with Crippen LogP contribution in [0.2, 0.25) is 0 Å². The van der Waals surface area contributed by atoms with Gasteiger partial charge >= 0.3 is 0 Å². The summed E-state index contributed by atoms with van der Waals surface area (Å²) >= 11 is 0. The number of amides is 2. The zero-order chi connectivity index (χ0) is 18.1. The first kappa shape index (κ1) is 17.6. The van der Waals surface area contributed by atoms with Crippen LogP contribution in [0.15, 0.2) is 24.3 Å². The first-order valence-corrected chi connectivity index (χ1v) is 10.3. The van der Waals surface area contributed by atoms with E-state index >= 15 is 0 Å². The second kappa shape index (κ2) is 7.42. The number of likely N-dealkylation sites (tertiary alicyclic amines) is 1. The van der Waals surface area contributed by atoms with Crippen molar-refractivity contribution in [1.29, 1.82) is 0 Å². The summed E-state index contributed by atoms with van der Waals surface area (Å²) in [5.41, 5.74) is 2.36. The number of anilines is 1. The van der Waals surface area contributed by atoms with E-state index < -0.39 is 0 Å². The summed E-state index contributed by atoms with van der Waals surface area (Å²) < 4.78 is 0. The van der Waals surface area contributed by atoms with E-state index in [-0.39, 0.29) is 23.8 Å². The Morgan fingerprint density at radius 2 is 1.54 bits per heavy atom. The molecule has 2 amide bonds. The highest BCUT2D eigenvalue weighted by Crippen LogP contribution is 2.35. The highest BCUT2D eigenvalue weighted by Gasteiger charge is 2.37. The van der Waals surface area contributed by atoms with E-state index in [0.29, 0.717) is 5.91 Å². The maximum atomic E-state index is 13.2. The van der Waals surface area contributed by atoms with Crippen LogP contribution in [-0.4, -0.2) is 35.8 Å². The lowest BCUT2D eigenvalue weighted by molar-refractivity contribution is -0.139. The second-order valence-electron chi connectivity index (χ2n) is 8.32. The van der Waals surface area contributed by atoms with Crippen molar-refractivity contribution in [2.75, 3.05) is 18.0 Å². The molecule has 1 unspecified atom stereocenters. The second-order valence-corrected chi connectivity index (χ2v) is 8.32. The molecule has 26 heavy (non-hydrogen) atoms. The molecule has 140 valence electrons. The molecule has 1 atom stereocenters. The summed E-state index contributed by atoms with van der Waals surface area (Å²) in [5.74, 6) is 0.892. The van der Waals surface area contributed by atoms with Gasteiger partial charge in [-0.2, -0.15) is 0 Å². The van der Waals surface area contributed by atoms with Crippen LogP contribution in [0.5, 0.6) is 0 Å². The van der Waals surface area contributed by atoms with Crippen molar-refractivity contribution in [1.82, 2.24) is 4.90 Å². The topological polar surface area (TPSA) is 40.6 Å². The summed E-state index contributed by atoms with van der Waals surface area (Å²) in [7, 11) is 0. The molecular weight excluding hydrogens is 324 g/mol. The largest absolute Gasteiger partial charge is 0.342 e. The fourth-order valence-electron chi connectivity index (χ4n) is 5.05. The maximum absolute atomic E-state index is 13.2. The highest BCUT2D eigenvalue weighted by atomic mass is 16.2. The van der Waals surface area contributed by atoms with Gasteiger partial charge in [0.15, 0.2) is 0 Å². The molecule has 2 fully saturated rings. The van der Waals surface area contributed by atoms with Crippen molar-refractivity contribution < 1.29 is 9.59 Å². The molecule has 1 saturated heterocycles. The SMILES string of the molecule is CC1Cc2ccccc2N1C(=O)C1CCN(C(=O)C2CCCCC2)CC1. The van der Waals surface area contributed by atoms with E-state index in [2.05, 4.69) is 25.1 Å². The molecule has 1 saturated carbocycles. The van der Waals surface area contributed by atoms with Crippen molar-refractivity contribution in [3.63, 3.8) is 0 Å². The Balaban J connectivity index is 1.37. The minimum absolute atomic E-state index is 0.0546. The Hall–Kier alpha value is -1.84. The highest BCUT2D eigenvalue weighted by molar-refractivity contribution is 5.97. The minimum Gasteiger partial charge on any atom is -0.342 e. The molecule has 0 spiro atoms. The van der Waals surface area contributed by atoms with Crippen LogP contribution in [-0.2, 0) is 16.0 Å². The van der Waals surface area contributed by atoms with Gasteiger partial charge in [-0.25, -0.2) is 0 Å². The van der Waals surface area contributed by atoms with Gasteiger partial charge in [-0.1, -0.05) is 37.5 Å². The van der Waals surface area contributed by atoms with Crippen LogP contribution in [0, 0.1) is 11.8 Å². The third kappa shape index (κ3) is 3.26. The average molecular weight is 354 g/mol. The molecule has 3 aliphatic rings. The Labute approximate surface area is 156 Å². The monoisotopic (exact) mass is 354 g/mol. The number of carbonyl (C=O) groups excluding carboxylic acids is 2. The van der Waals surface area contributed by atoms with Crippen LogP contribution in [0.4, 0.5) is 5.69 Å². The van der Waals surface area contributed by atoms with Gasteiger partial charge in [0.1, 0.15) is 0 Å². The van der Waals surface area contributed by atoms with E-state index in [1.54, 1.807) is 0 Å². The Morgan fingerprint density at radius 3 is 2.27 bits per heavy atom. The molecule has 4 heteroatoms. The first-order chi connectivity index (χ1) is 12.6. The fourth-order valence-corrected chi connectivity index (χ4v) is 5.05. The molecule has 0 N–H and O–H groups in total. The predicted octanol–water partition coefficient (Wildman–Crippen LogP) is 3.78. The Bertz CT molecular complexity index is 672. The van der Waals surface area contributed by atoms with Gasteiger partial charge in [0.2, 0.25) is 11.8 Å². The quantitative estimate of drug-likeness (QED) is 0.811. The number of rotatable bonds is 2. The lowest BCUT2D eigenvalue weighted by atomic mass is 9.87. The number of carbonyl (C=O) groups is 2. The number of para-hydroxylation sites is 1. The van der Waals surface area contributed by atoms with E-state index in [1.165, 1.54) is 24.8 Å². The molecule has 0 aromatic heterocycles. The lowest BCUT2D eigenvalue weighted by Crippen LogP contribution is -2.47. The molecule has 0 bridgehead atoms. The minimum atomic E-state index is 0.0546. The molecule has 1 aromatic rings. The molecule has 1 aromatic carbocycles. The summed E-state index contributed by atoms with van der Waals surface area (Å²) in [6, 6.07) is 8.50. The van der Waals surface area contributed by atoms with Gasteiger partial charge in [0, 0.05) is 36.7 Å². The van der Waals surface area contributed by atoms with Crippen molar-refractivity contribution in [3.8, 4) is 0 Å². The van der Waals surface area contributed by atoms with Gasteiger partial charge in [0.25, 0.3) is 0 Å². The van der Waals surface area contributed by atoms with Gasteiger partial charge in [0.05, 0.1) is 0 Å². The zero-order valence-electron chi connectivity index (χ0n) is 15.8. The van der Waals surface area contributed by atoms with Gasteiger partial charge in [-0.3, -0.25) is 9.59 Å². The van der Waals surface area contributed by atoms with Crippen molar-refractivity contribution in [3.05, 3.63) is 29.8 Å². The molecule has 2 aliphatic heterocycles. The molecule has 4 nitrogen and oxygen atoms in total. The average Bonchev–Trinajstić information content (AvgIpc) is 3.03. The van der Waals surface area contributed by atoms with Crippen molar-refractivity contribution in [2.24, 2.45) is 11.8 Å². The summed E-state index contributed by atoms with van der Waals surface area (Å²) in [6.07, 6.45) is 8.33. The van der Waals surface area contributed by atoms with Gasteiger partial charge in [-0.05, 0) is 50.7 Å².